The molecule has 2 aromatic rings. The first-order chi connectivity index (χ1) is 23.3. The standard InChI is InChI=1S/C15H22N4O3S.C8H16N4.C7H7ClO3S.CH2Cl2.ClH/c1-5-16-14(19-11-15(2,3)10-17-19)18-23(20,21)13-8-6-7-12(9-13)22-4;1-4-10-7(9)12-6-8(2,3)5-11-12;1-11-6-3-2-4-7(5-6)12(8,9)10;2-1-3;/h6-10H,5,11H2,1-4H3,(H,16,18);5H,4,6H2,1-3H3,(H2,9,10);2-5H,1H3;1H2;1H. The van der Waals surface area contributed by atoms with Gasteiger partial charge in [0.15, 0.2) is 0 Å². The summed E-state index contributed by atoms with van der Waals surface area (Å²) in [6.07, 6.45) is 3.70. The normalized spacial score (nSPS) is 16.0. The number of alkyl halides is 2. The lowest BCUT2D eigenvalue weighted by atomic mass is 9.97. The van der Waals surface area contributed by atoms with Crippen molar-refractivity contribution >= 4 is 89.7 Å². The zero-order chi connectivity index (χ0) is 38.2. The minimum atomic E-state index is -3.77. The number of methoxy groups -OCH3 is 2. The highest BCUT2D eigenvalue weighted by Gasteiger charge is 2.30. The molecule has 2 aliphatic rings. The van der Waals surface area contributed by atoms with E-state index >= 15 is 0 Å². The van der Waals surface area contributed by atoms with Gasteiger partial charge in [-0.3, -0.25) is 9.98 Å². The van der Waals surface area contributed by atoms with Crippen molar-refractivity contribution in [2.75, 3.05) is 45.7 Å². The minimum Gasteiger partial charge on any atom is -0.497 e. The molecule has 0 bridgehead atoms. The van der Waals surface area contributed by atoms with Crippen molar-refractivity contribution in [3.8, 4) is 11.5 Å². The topological polar surface area (TPSA) is 181 Å². The number of aliphatic imine (C=N–C) groups is 2. The third-order valence-electron chi connectivity index (χ3n) is 6.24. The summed E-state index contributed by atoms with van der Waals surface area (Å²) in [6.45, 7) is 14.6. The number of nitrogens with two attached hydrogens (primary N) is 1. The lowest BCUT2D eigenvalue weighted by molar-refractivity contribution is 0.379. The van der Waals surface area contributed by atoms with E-state index in [2.05, 4.69) is 38.8 Å². The number of ether oxygens (including phenoxy) is 2. The molecule has 2 heterocycles. The van der Waals surface area contributed by atoms with Crippen molar-refractivity contribution in [1.82, 2.24) is 14.7 Å². The molecule has 0 aromatic heterocycles. The Bertz CT molecular complexity index is 1720. The van der Waals surface area contributed by atoms with Gasteiger partial charge >= 0.3 is 0 Å². The molecule has 288 valence electrons. The Kier molecular flexibility index (Phi) is 20.8. The average Bonchev–Trinajstić information content (AvgIpc) is 3.62. The van der Waals surface area contributed by atoms with E-state index in [4.69, 9.17) is 49.1 Å². The molecular formula is C31H48Cl4N8O6S2. The van der Waals surface area contributed by atoms with Gasteiger partial charge in [-0.25, -0.2) is 31.6 Å². The summed E-state index contributed by atoms with van der Waals surface area (Å²) in [5.41, 5.74) is 5.66. The molecule has 0 aliphatic carbocycles. The van der Waals surface area contributed by atoms with Crippen LogP contribution in [0.25, 0.3) is 0 Å². The van der Waals surface area contributed by atoms with Gasteiger partial charge in [0.2, 0.25) is 11.9 Å². The molecule has 0 saturated heterocycles. The largest absolute Gasteiger partial charge is 0.497 e. The molecule has 20 heteroatoms. The zero-order valence-electron chi connectivity index (χ0n) is 29.9. The number of hydrogen-bond donors (Lipinski definition) is 2. The first-order valence-electron chi connectivity index (χ1n) is 15.1. The van der Waals surface area contributed by atoms with Crippen LogP contribution in [0, 0.1) is 10.8 Å². The van der Waals surface area contributed by atoms with Crippen LogP contribution in [-0.2, 0) is 19.1 Å². The number of nitrogens with one attached hydrogen (secondary N) is 1. The number of nitrogens with zero attached hydrogens (tertiary/aromatic N) is 6. The monoisotopic (exact) mass is 832 g/mol. The van der Waals surface area contributed by atoms with E-state index in [0.717, 1.165) is 6.54 Å². The SMILES string of the molecule is CCN=C(N)N1CC(C)(C)C=N1.CCN=C(NS(=O)(=O)c1cccc(OC)c1)N1CC(C)(C)C=N1.COc1cccc(S(=O)(=O)Cl)c1.Cl.ClCCl. The number of hydrazone groups is 2. The third-order valence-corrected chi connectivity index (χ3v) is 8.92. The smallest absolute Gasteiger partial charge is 0.264 e. The van der Waals surface area contributed by atoms with E-state index in [9.17, 15) is 16.8 Å². The van der Waals surface area contributed by atoms with Crippen LogP contribution in [0.1, 0.15) is 41.5 Å². The van der Waals surface area contributed by atoms with Crippen LogP contribution in [0.15, 0.2) is 78.5 Å². The van der Waals surface area contributed by atoms with Gasteiger partial charge in [0.1, 0.15) is 11.5 Å². The molecule has 14 nitrogen and oxygen atoms in total. The molecule has 0 radical (unpaired) electrons. The zero-order valence-corrected chi connectivity index (χ0v) is 34.6. The van der Waals surface area contributed by atoms with Crippen molar-refractivity contribution in [2.45, 2.75) is 51.3 Å². The van der Waals surface area contributed by atoms with Crippen LogP contribution in [0.5, 0.6) is 11.5 Å². The molecule has 4 rings (SSSR count). The molecule has 0 atom stereocenters. The van der Waals surface area contributed by atoms with E-state index < -0.39 is 19.1 Å². The number of halogens is 4. The maximum absolute atomic E-state index is 12.6. The lowest BCUT2D eigenvalue weighted by Gasteiger charge is -2.21. The van der Waals surface area contributed by atoms with E-state index in [1.165, 1.54) is 38.5 Å². The highest BCUT2D eigenvalue weighted by atomic mass is 35.7. The Morgan fingerprint density at radius 1 is 0.843 bits per heavy atom. The molecule has 0 spiro atoms. The highest BCUT2D eigenvalue weighted by Crippen LogP contribution is 2.23. The lowest BCUT2D eigenvalue weighted by Crippen LogP contribution is -2.42. The summed E-state index contributed by atoms with van der Waals surface area (Å²) in [7, 11) is 0.644. The quantitative estimate of drug-likeness (QED) is 0.151. The second-order valence-corrected chi connectivity index (χ2v) is 16.8. The summed E-state index contributed by atoms with van der Waals surface area (Å²) in [4.78, 5) is 8.47. The number of benzene rings is 2. The summed E-state index contributed by atoms with van der Waals surface area (Å²) >= 11 is 9.53. The van der Waals surface area contributed by atoms with Crippen LogP contribution < -0.4 is 19.9 Å². The van der Waals surface area contributed by atoms with Crippen molar-refractivity contribution < 1.29 is 26.3 Å². The van der Waals surface area contributed by atoms with Gasteiger partial charge in [-0.1, -0.05) is 39.8 Å². The van der Waals surface area contributed by atoms with Crippen LogP contribution in [-0.4, -0.2) is 96.9 Å². The van der Waals surface area contributed by atoms with Crippen LogP contribution in [0.3, 0.4) is 0 Å². The third kappa shape index (κ3) is 17.4. The summed E-state index contributed by atoms with van der Waals surface area (Å²) < 4.78 is 59.2. The van der Waals surface area contributed by atoms with Gasteiger partial charge in [0.05, 0.1) is 42.4 Å². The molecule has 2 aromatic carbocycles. The van der Waals surface area contributed by atoms with Gasteiger partial charge in [-0.05, 0) is 38.1 Å². The van der Waals surface area contributed by atoms with E-state index in [1.54, 1.807) is 40.5 Å². The van der Waals surface area contributed by atoms with Crippen LogP contribution >= 0.6 is 46.3 Å². The fourth-order valence-electron chi connectivity index (χ4n) is 3.92. The number of sulfonamides is 1. The minimum absolute atomic E-state index is 0. The van der Waals surface area contributed by atoms with Gasteiger partial charge in [-0.15, -0.1) is 35.6 Å². The molecule has 0 amide bonds. The Morgan fingerprint density at radius 2 is 1.27 bits per heavy atom. The van der Waals surface area contributed by atoms with Gasteiger partial charge in [-0.2, -0.15) is 10.2 Å². The summed E-state index contributed by atoms with van der Waals surface area (Å²) in [5, 5.41) is 11.9. The Morgan fingerprint density at radius 3 is 1.67 bits per heavy atom. The Balaban J connectivity index is 0.000000757. The van der Waals surface area contributed by atoms with E-state index in [0.29, 0.717) is 37.1 Å². The molecule has 2 aliphatic heterocycles. The second-order valence-electron chi connectivity index (χ2n) is 11.7. The number of rotatable bonds is 7. The summed E-state index contributed by atoms with van der Waals surface area (Å²) in [5.74, 6) is 1.68. The first kappa shape index (κ1) is 48.0. The molecule has 0 saturated carbocycles. The van der Waals surface area contributed by atoms with Gasteiger partial charge in [0.25, 0.3) is 19.1 Å². The average molecular weight is 835 g/mol. The van der Waals surface area contributed by atoms with Crippen LogP contribution in [0.4, 0.5) is 0 Å². The van der Waals surface area contributed by atoms with Crippen molar-refractivity contribution in [2.24, 2.45) is 36.8 Å². The van der Waals surface area contributed by atoms with Crippen molar-refractivity contribution in [3.05, 3.63) is 48.5 Å². The maximum atomic E-state index is 12.6. The molecule has 3 N–H and O–H groups in total. The molecule has 0 fully saturated rings. The fourth-order valence-corrected chi connectivity index (χ4v) is 5.76. The van der Waals surface area contributed by atoms with Gasteiger partial charge < -0.3 is 15.2 Å². The Labute approximate surface area is 323 Å². The predicted octanol–water partition coefficient (Wildman–Crippen LogP) is 5.79. The molecule has 51 heavy (non-hydrogen) atoms. The Hall–Kier alpha value is -3.02. The fraction of sp³-hybridized carbons (Fsp3) is 0.484. The number of guanidine groups is 2. The van der Waals surface area contributed by atoms with Crippen molar-refractivity contribution in [1.29, 1.82) is 0 Å². The first-order valence-corrected chi connectivity index (χ1v) is 20.0. The van der Waals surface area contributed by atoms with Gasteiger partial charge in [0, 0.05) is 59.2 Å². The summed E-state index contributed by atoms with van der Waals surface area (Å²) in [6, 6.07) is 12.3. The van der Waals surface area contributed by atoms with Crippen LogP contribution in [0.2, 0.25) is 0 Å². The van der Waals surface area contributed by atoms with Crippen molar-refractivity contribution in [3.63, 3.8) is 0 Å². The highest BCUT2D eigenvalue weighted by molar-refractivity contribution is 8.13. The maximum Gasteiger partial charge on any atom is 0.264 e. The van der Waals surface area contributed by atoms with E-state index in [1.807, 2.05) is 33.9 Å². The molecular weight excluding hydrogens is 786 g/mol. The van der Waals surface area contributed by atoms with E-state index in [-0.39, 0.29) is 44.3 Å². The predicted molar refractivity (Wildman–Crippen MR) is 211 cm³/mol. The second kappa shape index (κ2) is 22.1. The number of hydrogen-bond acceptors (Lipinski definition) is 10. The molecule has 0 unspecified atom stereocenters.